The minimum absolute atomic E-state index is 1.16. The van der Waals surface area contributed by atoms with Crippen molar-refractivity contribution in [2.45, 2.75) is 24.4 Å². The monoisotopic (exact) mass is 356 g/mol. The maximum atomic E-state index is 11.0. The molecule has 0 spiro atoms. The number of phosphoric acid groups is 2. The van der Waals surface area contributed by atoms with E-state index in [2.05, 4.69) is 9.05 Å². The molecule has 0 aromatic carbocycles. The molecule has 0 unspecified atom stereocenters. The van der Waals surface area contributed by atoms with E-state index in [4.69, 9.17) is 24.7 Å². The van der Waals surface area contributed by atoms with E-state index in [-0.39, 0.29) is 0 Å². The van der Waals surface area contributed by atoms with Crippen molar-refractivity contribution in [1.82, 2.24) is 0 Å². The van der Waals surface area contributed by atoms with Gasteiger partial charge >= 0.3 is 21.6 Å². The fraction of sp³-hybridized carbons (Fsp3) is 0.833. The molecule has 0 aliphatic rings. The van der Waals surface area contributed by atoms with Crippen LogP contribution in [0.4, 0.5) is 0 Å². The SMILES string of the molecule is O=C(OP(=O)(O)O)[C@H](O)[C@@H](O)[C@H](O)[C@H](O)COP(=O)(O)O. The van der Waals surface area contributed by atoms with Crippen LogP contribution in [0.5, 0.6) is 0 Å². The first-order valence-electron chi connectivity index (χ1n) is 4.96. The van der Waals surface area contributed by atoms with Crippen LogP contribution in [0.1, 0.15) is 0 Å². The summed E-state index contributed by atoms with van der Waals surface area (Å²) >= 11 is 0. The highest BCUT2D eigenvalue weighted by molar-refractivity contribution is 7.47. The lowest BCUT2D eigenvalue weighted by molar-refractivity contribution is -0.162. The highest BCUT2D eigenvalue weighted by Gasteiger charge is 2.38. The van der Waals surface area contributed by atoms with Crippen molar-refractivity contribution in [2.24, 2.45) is 0 Å². The highest BCUT2D eigenvalue weighted by atomic mass is 31.2. The van der Waals surface area contributed by atoms with Crippen LogP contribution in [0.25, 0.3) is 0 Å². The van der Waals surface area contributed by atoms with Crippen molar-refractivity contribution >= 4 is 21.6 Å². The minimum Gasteiger partial charge on any atom is -0.388 e. The number of rotatable bonds is 8. The second kappa shape index (κ2) is 7.72. The van der Waals surface area contributed by atoms with Gasteiger partial charge < -0.3 is 34.7 Å². The quantitative estimate of drug-likeness (QED) is 0.195. The normalized spacial score (nSPS) is 18.7. The molecule has 13 nitrogen and oxygen atoms in total. The summed E-state index contributed by atoms with van der Waals surface area (Å²) in [7, 11) is -10.3. The Kier molecular flexibility index (Phi) is 7.56. The highest BCUT2D eigenvalue weighted by Crippen LogP contribution is 2.37. The number of aliphatic hydroxyl groups is 4. The molecular formula is C6H14O13P2. The van der Waals surface area contributed by atoms with Crippen LogP contribution in [0, 0.1) is 0 Å². The molecule has 0 aromatic heterocycles. The zero-order chi connectivity index (χ0) is 17.0. The zero-order valence-corrected chi connectivity index (χ0v) is 11.8. The van der Waals surface area contributed by atoms with E-state index in [0.717, 1.165) is 0 Å². The van der Waals surface area contributed by atoms with E-state index in [1.807, 2.05) is 0 Å². The van der Waals surface area contributed by atoms with Crippen LogP contribution < -0.4 is 0 Å². The molecule has 0 fully saturated rings. The van der Waals surface area contributed by atoms with Crippen molar-refractivity contribution in [3.63, 3.8) is 0 Å². The molecule has 4 atom stereocenters. The zero-order valence-electron chi connectivity index (χ0n) is 10.0. The van der Waals surface area contributed by atoms with Gasteiger partial charge in [-0.3, -0.25) is 14.3 Å². The minimum atomic E-state index is -5.30. The van der Waals surface area contributed by atoms with Gasteiger partial charge in [0.2, 0.25) is 0 Å². The van der Waals surface area contributed by atoms with Crippen molar-refractivity contribution in [3.8, 4) is 0 Å². The van der Waals surface area contributed by atoms with E-state index in [9.17, 15) is 29.2 Å². The smallest absolute Gasteiger partial charge is 0.388 e. The number of carbonyl (C=O) groups is 1. The molecule has 8 N–H and O–H groups in total. The van der Waals surface area contributed by atoms with Crippen LogP contribution in [-0.2, 0) is 23.0 Å². The molecule has 126 valence electrons. The Morgan fingerprint density at radius 2 is 1.38 bits per heavy atom. The third-order valence-electron chi connectivity index (χ3n) is 1.93. The Labute approximate surface area is 116 Å². The first-order valence-corrected chi connectivity index (χ1v) is 8.02. The van der Waals surface area contributed by atoms with Crippen molar-refractivity contribution < 1.29 is 63.0 Å². The first kappa shape index (κ1) is 20.6. The van der Waals surface area contributed by atoms with Crippen molar-refractivity contribution in [2.75, 3.05) is 6.61 Å². The van der Waals surface area contributed by atoms with E-state index >= 15 is 0 Å². The second-order valence-corrected chi connectivity index (χ2v) is 6.08. The number of carbonyl (C=O) groups excluding carboxylic acids is 1. The molecule has 0 radical (unpaired) electrons. The molecule has 0 aliphatic carbocycles. The number of hydrogen-bond acceptors (Lipinski definition) is 9. The number of aliphatic hydroxyl groups excluding tert-OH is 4. The van der Waals surface area contributed by atoms with Gasteiger partial charge in [-0.25, -0.2) is 13.9 Å². The summed E-state index contributed by atoms with van der Waals surface area (Å²) in [6, 6.07) is 0. The van der Waals surface area contributed by atoms with Gasteiger partial charge in [-0.15, -0.1) is 0 Å². The summed E-state index contributed by atoms with van der Waals surface area (Å²) in [4.78, 5) is 44.2. The van der Waals surface area contributed by atoms with Crippen LogP contribution in [0.2, 0.25) is 0 Å². The lowest BCUT2D eigenvalue weighted by atomic mass is 10.0. The summed E-state index contributed by atoms with van der Waals surface area (Å²) in [6.45, 7) is -1.16. The van der Waals surface area contributed by atoms with E-state index in [0.29, 0.717) is 0 Å². The van der Waals surface area contributed by atoms with Crippen LogP contribution in [0.15, 0.2) is 0 Å². The number of hydrogen-bond donors (Lipinski definition) is 8. The lowest BCUT2D eigenvalue weighted by Gasteiger charge is -2.25. The van der Waals surface area contributed by atoms with Gasteiger partial charge in [-0.05, 0) is 0 Å². The summed E-state index contributed by atoms with van der Waals surface area (Å²) < 4.78 is 27.9. The van der Waals surface area contributed by atoms with Gasteiger partial charge in [-0.2, -0.15) is 0 Å². The van der Waals surface area contributed by atoms with Crippen molar-refractivity contribution in [1.29, 1.82) is 0 Å². The Morgan fingerprint density at radius 3 is 1.76 bits per heavy atom. The molecule has 0 aromatic rings. The summed E-state index contributed by atoms with van der Waals surface area (Å²) in [6.07, 6.45) is -9.59. The maximum absolute atomic E-state index is 11.0. The average molecular weight is 356 g/mol. The van der Waals surface area contributed by atoms with Crippen LogP contribution >= 0.6 is 15.6 Å². The average Bonchev–Trinajstić information content (AvgIpc) is 2.30. The third kappa shape index (κ3) is 8.56. The first-order chi connectivity index (χ1) is 9.24. The molecule has 0 aliphatic heterocycles. The van der Waals surface area contributed by atoms with Gasteiger partial charge in [0.05, 0.1) is 6.61 Å². The Hall–Kier alpha value is -0.430. The van der Waals surface area contributed by atoms with E-state index < -0.39 is 52.6 Å². The van der Waals surface area contributed by atoms with Gasteiger partial charge in [0, 0.05) is 0 Å². The fourth-order valence-corrected chi connectivity index (χ4v) is 1.69. The van der Waals surface area contributed by atoms with Crippen LogP contribution in [0.3, 0.4) is 0 Å². The Bertz CT molecular complexity index is 438. The number of phosphoric ester groups is 2. The summed E-state index contributed by atoms with van der Waals surface area (Å²) in [5.41, 5.74) is 0. The fourth-order valence-electron chi connectivity index (χ4n) is 0.997. The van der Waals surface area contributed by atoms with Gasteiger partial charge in [0.1, 0.15) is 18.3 Å². The topological polar surface area (TPSA) is 232 Å². The molecule has 0 bridgehead atoms. The molecule has 21 heavy (non-hydrogen) atoms. The summed E-state index contributed by atoms with van der Waals surface area (Å²) in [5, 5.41) is 37.0. The predicted octanol–water partition coefficient (Wildman–Crippen LogP) is -3.82. The van der Waals surface area contributed by atoms with Crippen LogP contribution in [-0.4, -0.2) is 77.0 Å². The van der Waals surface area contributed by atoms with Gasteiger partial charge in [0.25, 0.3) is 0 Å². The standard InChI is InChI=1S/C6H14O13P2/c7-2(1-18-20(12,13)14)3(8)4(9)5(10)6(11)19-21(15,16)17/h2-5,7-10H,1H2,(H2,12,13,14)(H2,15,16,17)/t2-,3-,4+,5-/m1/s1. The molecule has 0 saturated heterocycles. The summed E-state index contributed by atoms with van der Waals surface area (Å²) in [5.74, 6) is -1.99. The molecular weight excluding hydrogens is 342 g/mol. The van der Waals surface area contributed by atoms with E-state index in [1.165, 1.54) is 0 Å². The molecule has 15 heteroatoms. The lowest BCUT2D eigenvalue weighted by Crippen LogP contribution is -2.49. The van der Waals surface area contributed by atoms with Gasteiger partial charge in [-0.1, -0.05) is 0 Å². The Balaban J connectivity index is 4.61. The molecule has 0 amide bonds. The molecule has 0 heterocycles. The van der Waals surface area contributed by atoms with Gasteiger partial charge in [0.15, 0.2) is 6.10 Å². The maximum Gasteiger partial charge on any atom is 0.527 e. The third-order valence-corrected chi connectivity index (χ3v) is 2.83. The molecule has 0 saturated carbocycles. The molecule has 0 rings (SSSR count). The largest absolute Gasteiger partial charge is 0.527 e. The second-order valence-electron chi connectivity index (χ2n) is 3.68. The predicted molar refractivity (Wildman–Crippen MR) is 60.2 cm³/mol. The van der Waals surface area contributed by atoms with E-state index in [1.54, 1.807) is 0 Å². The van der Waals surface area contributed by atoms with Crippen molar-refractivity contribution in [3.05, 3.63) is 0 Å². The Morgan fingerprint density at radius 1 is 0.905 bits per heavy atom.